The molecule has 0 bridgehead atoms. The lowest BCUT2D eigenvalue weighted by Gasteiger charge is -2.25. The number of ether oxygens (including phenoxy) is 1. The number of benzene rings is 1. The average Bonchev–Trinajstić information content (AvgIpc) is 2.94. The van der Waals surface area contributed by atoms with E-state index in [1.807, 2.05) is 0 Å². The van der Waals surface area contributed by atoms with E-state index in [9.17, 15) is 14.7 Å². The lowest BCUT2D eigenvalue weighted by molar-refractivity contribution is 0.0522. The number of nitrogens with zero attached hydrogens (tertiary/aromatic N) is 2. The molecule has 0 unspecified atom stereocenters. The van der Waals surface area contributed by atoms with Crippen LogP contribution in [-0.2, 0) is 4.74 Å². The molecule has 1 aromatic carbocycles. The minimum absolute atomic E-state index is 0.00483. The van der Waals surface area contributed by atoms with Crippen LogP contribution in [0.3, 0.4) is 0 Å². The second-order valence-corrected chi connectivity index (χ2v) is 8.80. The molecule has 1 heterocycles. The van der Waals surface area contributed by atoms with E-state index in [-0.39, 0.29) is 23.7 Å². The fraction of sp³-hybridized carbons (Fsp3) is 0.526. The molecule has 146 valence electrons. The Morgan fingerprint density at radius 2 is 1.93 bits per heavy atom. The lowest BCUT2D eigenvalue weighted by atomic mass is 9.93. The Bertz CT molecular complexity index is 864. The number of halogens is 1. The van der Waals surface area contributed by atoms with Crippen molar-refractivity contribution < 1.29 is 19.4 Å². The van der Waals surface area contributed by atoms with Crippen LogP contribution >= 0.6 is 15.9 Å². The summed E-state index contributed by atoms with van der Waals surface area (Å²) in [7, 11) is 0. The maximum absolute atomic E-state index is 12.8. The van der Waals surface area contributed by atoms with Crippen molar-refractivity contribution in [2.24, 2.45) is 0 Å². The quantitative estimate of drug-likeness (QED) is 0.747. The van der Waals surface area contributed by atoms with E-state index in [0.29, 0.717) is 23.7 Å². The summed E-state index contributed by atoms with van der Waals surface area (Å²) in [6.07, 6.45) is 1.87. The van der Waals surface area contributed by atoms with Gasteiger partial charge in [-0.05, 0) is 64.7 Å². The van der Waals surface area contributed by atoms with Crippen molar-refractivity contribution in [3.8, 4) is 0 Å². The summed E-state index contributed by atoms with van der Waals surface area (Å²) in [4.78, 5) is 25.4. The molecule has 1 saturated carbocycles. The van der Waals surface area contributed by atoms with Crippen LogP contribution in [0, 0.1) is 0 Å². The highest BCUT2D eigenvalue weighted by atomic mass is 79.9. The van der Waals surface area contributed by atoms with Gasteiger partial charge in [0.05, 0.1) is 11.6 Å². The Labute approximate surface area is 166 Å². The molecular weight excluding hydrogens is 414 g/mol. The largest absolute Gasteiger partial charge is 0.442 e. The molecular formula is C19H24BrN3O4. The van der Waals surface area contributed by atoms with E-state index >= 15 is 0 Å². The van der Waals surface area contributed by atoms with Crippen molar-refractivity contribution in [3.05, 3.63) is 28.4 Å². The number of carbonyl (C=O) groups is 2. The van der Waals surface area contributed by atoms with Crippen LogP contribution in [0.2, 0.25) is 0 Å². The maximum Gasteiger partial charge on any atom is 0.435 e. The van der Waals surface area contributed by atoms with Gasteiger partial charge in [-0.2, -0.15) is 9.78 Å². The third-order valence-electron chi connectivity index (χ3n) is 4.46. The Balaban J connectivity index is 1.91. The first-order valence-electron chi connectivity index (χ1n) is 9.04. The predicted molar refractivity (Wildman–Crippen MR) is 105 cm³/mol. The average molecular weight is 438 g/mol. The van der Waals surface area contributed by atoms with Crippen LogP contribution in [0.25, 0.3) is 10.9 Å². The molecule has 8 heteroatoms. The van der Waals surface area contributed by atoms with Crippen molar-refractivity contribution in [2.75, 3.05) is 0 Å². The van der Waals surface area contributed by atoms with Gasteiger partial charge in [-0.25, -0.2) is 4.79 Å². The SMILES string of the molecule is CC(C)(C)OC(=O)n1nc(C(=O)NC2CCC(O)CC2)c2cc(Br)ccc21. The third-order valence-corrected chi connectivity index (χ3v) is 4.95. The van der Waals surface area contributed by atoms with Crippen molar-refractivity contribution in [2.45, 2.75) is 64.2 Å². The van der Waals surface area contributed by atoms with Gasteiger partial charge in [0, 0.05) is 15.9 Å². The molecule has 2 N–H and O–H groups in total. The smallest absolute Gasteiger partial charge is 0.435 e. The van der Waals surface area contributed by atoms with Crippen LogP contribution in [0.1, 0.15) is 56.9 Å². The molecule has 0 atom stereocenters. The van der Waals surface area contributed by atoms with Gasteiger partial charge in [-0.3, -0.25) is 4.79 Å². The number of hydrogen-bond acceptors (Lipinski definition) is 5. The second kappa shape index (κ2) is 7.59. The molecule has 0 spiro atoms. The Morgan fingerprint density at radius 3 is 2.56 bits per heavy atom. The molecule has 1 aliphatic rings. The molecule has 0 saturated heterocycles. The maximum atomic E-state index is 12.8. The van der Waals surface area contributed by atoms with Gasteiger partial charge >= 0.3 is 6.09 Å². The van der Waals surface area contributed by atoms with E-state index in [1.165, 1.54) is 0 Å². The standard InChI is InChI=1S/C19H24BrN3O4/c1-19(2,3)27-18(26)23-15-9-4-11(20)10-14(15)16(22-23)17(25)21-12-5-7-13(24)8-6-12/h4,9-10,12-13,24H,5-8H2,1-3H3,(H,21,25). The number of aliphatic hydroxyl groups is 1. The highest BCUT2D eigenvalue weighted by Crippen LogP contribution is 2.25. The molecule has 1 amide bonds. The number of hydrogen-bond donors (Lipinski definition) is 2. The first kappa shape index (κ1) is 19.8. The van der Waals surface area contributed by atoms with Crippen molar-refractivity contribution in [3.63, 3.8) is 0 Å². The molecule has 1 fully saturated rings. The van der Waals surface area contributed by atoms with Crippen molar-refractivity contribution in [1.82, 2.24) is 15.1 Å². The van der Waals surface area contributed by atoms with E-state index < -0.39 is 11.7 Å². The summed E-state index contributed by atoms with van der Waals surface area (Å²) in [6.45, 7) is 5.33. The molecule has 2 aromatic rings. The van der Waals surface area contributed by atoms with Gasteiger partial charge in [0.15, 0.2) is 5.69 Å². The number of rotatable bonds is 2. The Hall–Kier alpha value is -1.93. The van der Waals surface area contributed by atoms with Crippen molar-refractivity contribution in [1.29, 1.82) is 0 Å². The van der Waals surface area contributed by atoms with Crippen molar-refractivity contribution >= 4 is 38.8 Å². The molecule has 1 aliphatic carbocycles. The number of aromatic nitrogens is 2. The minimum Gasteiger partial charge on any atom is -0.442 e. The molecule has 1 aromatic heterocycles. The van der Waals surface area contributed by atoms with Gasteiger partial charge in [-0.1, -0.05) is 15.9 Å². The molecule has 0 radical (unpaired) electrons. The number of amides is 1. The van der Waals surface area contributed by atoms with Crippen LogP contribution in [0.4, 0.5) is 4.79 Å². The van der Waals surface area contributed by atoms with Gasteiger partial charge in [0.2, 0.25) is 0 Å². The zero-order valence-electron chi connectivity index (χ0n) is 15.7. The van der Waals surface area contributed by atoms with E-state index in [2.05, 4.69) is 26.3 Å². The number of fused-ring (bicyclic) bond motifs is 1. The van der Waals surface area contributed by atoms with E-state index in [0.717, 1.165) is 22.0 Å². The number of carbonyl (C=O) groups excluding carboxylic acids is 2. The second-order valence-electron chi connectivity index (χ2n) is 7.88. The molecule has 27 heavy (non-hydrogen) atoms. The topological polar surface area (TPSA) is 93.5 Å². The Morgan fingerprint density at radius 1 is 1.26 bits per heavy atom. The molecule has 0 aliphatic heterocycles. The number of aliphatic hydroxyl groups excluding tert-OH is 1. The summed E-state index contributed by atoms with van der Waals surface area (Å²) in [6, 6.07) is 5.27. The first-order chi connectivity index (χ1) is 12.6. The van der Waals surface area contributed by atoms with Gasteiger partial charge < -0.3 is 15.2 Å². The lowest BCUT2D eigenvalue weighted by Crippen LogP contribution is -2.39. The van der Waals surface area contributed by atoms with Crippen LogP contribution in [0.5, 0.6) is 0 Å². The summed E-state index contributed by atoms with van der Waals surface area (Å²) in [5.41, 5.74) is 0.0238. The number of nitrogens with one attached hydrogen (secondary N) is 1. The van der Waals surface area contributed by atoms with Crippen LogP contribution in [-0.4, -0.2) is 44.6 Å². The first-order valence-corrected chi connectivity index (χ1v) is 9.84. The predicted octanol–water partition coefficient (Wildman–Crippen LogP) is 3.62. The minimum atomic E-state index is -0.671. The molecule has 7 nitrogen and oxygen atoms in total. The summed E-state index contributed by atoms with van der Waals surface area (Å²) in [5.74, 6) is -0.332. The Kier molecular flexibility index (Phi) is 5.58. The monoisotopic (exact) mass is 437 g/mol. The highest BCUT2D eigenvalue weighted by molar-refractivity contribution is 9.10. The molecule has 3 rings (SSSR count). The zero-order chi connectivity index (χ0) is 19.8. The summed E-state index contributed by atoms with van der Waals surface area (Å²) >= 11 is 3.40. The normalized spacial score (nSPS) is 20.5. The fourth-order valence-corrected chi connectivity index (χ4v) is 3.54. The third kappa shape index (κ3) is 4.68. The van der Waals surface area contributed by atoms with Gasteiger partial charge in [0.1, 0.15) is 5.60 Å². The highest BCUT2D eigenvalue weighted by Gasteiger charge is 2.27. The van der Waals surface area contributed by atoms with E-state index in [1.54, 1.807) is 39.0 Å². The van der Waals surface area contributed by atoms with Gasteiger partial charge in [0.25, 0.3) is 5.91 Å². The summed E-state index contributed by atoms with van der Waals surface area (Å²) < 4.78 is 7.32. The van der Waals surface area contributed by atoms with E-state index in [4.69, 9.17) is 4.74 Å². The zero-order valence-corrected chi connectivity index (χ0v) is 17.2. The van der Waals surface area contributed by atoms with Crippen LogP contribution < -0.4 is 5.32 Å². The van der Waals surface area contributed by atoms with Gasteiger partial charge in [-0.15, -0.1) is 0 Å². The fourth-order valence-electron chi connectivity index (χ4n) is 3.18. The van der Waals surface area contributed by atoms with Crippen LogP contribution in [0.15, 0.2) is 22.7 Å². The summed E-state index contributed by atoms with van der Waals surface area (Å²) in [5, 5.41) is 17.4.